The van der Waals surface area contributed by atoms with Crippen molar-refractivity contribution in [3.05, 3.63) is 44.5 Å². The first-order valence-corrected chi connectivity index (χ1v) is 7.75. The fourth-order valence-electron chi connectivity index (χ4n) is 2.75. The molecular formula is C16H16FIN2. The van der Waals surface area contributed by atoms with E-state index >= 15 is 0 Å². The number of hydrogen-bond acceptors (Lipinski definition) is 2. The second-order valence-electron chi connectivity index (χ2n) is 6.26. The van der Waals surface area contributed by atoms with E-state index in [2.05, 4.69) is 46.4 Å². The lowest BCUT2D eigenvalue weighted by Crippen LogP contribution is -2.10. The summed E-state index contributed by atoms with van der Waals surface area (Å²) in [6.45, 7) is 6.42. The van der Waals surface area contributed by atoms with Crippen molar-refractivity contribution in [2.75, 3.05) is 0 Å². The lowest BCUT2D eigenvalue weighted by atomic mass is 9.91. The molecular weight excluding hydrogens is 366 g/mol. The highest BCUT2D eigenvalue weighted by atomic mass is 127. The van der Waals surface area contributed by atoms with Gasteiger partial charge in [0.15, 0.2) is 5.82 Å². The topological polar surface area (TPSA) is 25.8 Å². The van der Waals surface area contributed by atoms with Gasteiger partial charge in [-0.1, -0.05) is 25.5 Å². The molecule has 0 saturated heterocycles. The molecule has 0 unspecified atom stereocenters. The molecule has 1 aromatic heterocycles. The standard InChI is InChI=1S/C16H16FIN2/c1-9-4-5-12(17)10(6-9)15-19-13-8-16(2,3)7-11(13)14(18)20-15/h4-6H,7-8H2,1-3H3. The summed E-state index contributed by atoms with van der Waals surface area (Å²) in [5.74, 6) is 0.246. The third kappa shape index (κ3) is 2.45. The van der Waals surface area contributed by atoms with E-state index in [9.17, 15) is 4.39 Å². The molecule has 2 aromatic rings. The van der Waals surface area contributed by atoms with Crippen LogP contribution in [0.4, 0.5) is 4.39 Å². The van der Waals surface area contributed by atoms with E-state index in [-0.39, 0.29) is 11.2 Å². The van der Waals surface area contributed by atoms with Gasteiger partial charge < -0.3 is 0 Å². The van der Waals surface area contributed by atoms with E-state index in [1.165, 1.54) is 11.6 Å². The first-order valence-electron chi connectivity index (χ1n) is 6.67. The second kappa shape index (κ2) is 4.76. The minimum atomic E-state index is -0.261. The Labute approximate surface area is 132 Å². The lowest BCUT2D eigenvalue weighted by molar-refractivity contribution is 0.390. The molecule has 1 heterocycles. The number of fused-ring (bicyclic) bond motifs is 1. The highest BCUT2D eigenvalue weighted by Crippen LogP contribution is 2.38. The van der Waals surface area contributed by atoms with Crippen LogP contribution in [0.15, 0.2) is 18.2 Å². The smallest absolute Gasteiger partial charge is 0.163 e. The van der Waals surface area contributed by atoms with Gasteiger partial charge in [-0.15, -0.1) is 0 Å². The largest absolute Gasteiger partial charge is 0.233 e. The molecule has 0 atom stereocenters. The number of hydrogen-bond donors (Lipinski definition) is 0. The number of nitrogens with zero attached hydrogens (tertiary/aromatic N) is 2. The van der Waals surface area contributed by atoms with Crippen LogP contribution in [0.25, 0.3) is 11.4 Å². The SMILES string of the molecule is Cc1ccc(F)c(-c2nc(I)c3c(n2)CC(C)(C)C3)c1. The van der Waals surface area contributed by atoms with Gasteiger partial charge >= 0.3 is 0 Å². The molecule has 3 rings (SSSR count). The first kappa shape index (κ1) is 13.9. The molecule has 2 nitrogen and oxygen atoms in total. The number of benzene rings is 1. The molecule has 1 aliphatic rings. The summed E-state index contributed by atoms with van der Waals surface area (Å²) < 4.78 is 15.0. The minimum Gasteiger partial charge on any atom is -0.233 e. The molecule has 0 bridgehead atoms. The predicted molar refractivity (Wildman–Crippen MR) is 86.1 cm³/mol. The van der Waals surface area contributed by atoms with Crippen LogP contribution < -0.4 is 0 Å². The van der Waals surface area contributed by atoms with Crippen molar-refractivity contribution >= 4 is 22.6 Å². The predicted octanol–water partition coefficient (Wildman–Crippen LogP) is 4.32. The van der Waals surface area contributed by atoms with Gasteiger partial charge in [-0.05, 0) is 59.9 Å². The second-order valence-corrected chi connectivity index (χ2v) is 7.29. The summed E-state index contributed by atoms with van der Waals surface area (Å²) >= 11 is 2.24. The van der Waals surface area contributed by atoms with Crippen LogP contribution in [0.3, 0.4) is 0 Å². The van der Waals surface area contributed by atoms with Crippen molar-refractivity contribution in [1.29, 1.82) is 0 Å². The third-order valence-electron chi connectivity index (χ3n) is 3.71. The van der Waals surface area contributed by atoms with Gasteiger partial charge in [0, 0.05) is 11.3 Å². The molecule has 0 fully saturated rings. The van der Waals surface area contributed by atoms with Crippen molar-refractivity contribution in [3.8, 4) is 11.4 Å². The minimum absolute atomic E-state index is 0.223. The highest BCUT2D eigenvalue weighted by Gasteiger charge is 2.32. The summed E-state index contributed by atoms with van der Waals surface area (Å²) in [7, 11) is 0. The fraction of sp³-hybridized carbons (Fsp3) is 0.375. The Bertz CT molecular complexity index is 695. The quantitative estimate of drug-likeness (QED) is 0.542. The number of aryl methyl sites for hydroxylation is 1. The molecule has 0 saturated carbocycles. The highest BCUT2D eigenvalue weighted by molar-refractivity contribution is 14.1. The molecule has 4 heteroatoms. The number of halogens is 2. The average molecular weight is 382 g/mol. The van der Waals surface area contributed by atoms with Gasteiger partial charge in [0.1, 0.15) is 9.52 Å². The van der Waals surface area contributed by atoms with Gasteiger partial charge in [0.05, 0.1) is 5.56 Å². The molecule has 20 heavy (non-hydrogen) atoms. The van der Waals surface area contributed by atoms with Crippen molar-refractivity contribution in [1.82, 2.24) is 9.97 Å². The Morgan fingerprint density at radius 2 is 1.95 bits per heavy atom. The van der Waals surface area contributed by atoms with Crippen LogP contribution in [0.5, 0.6) is 0 Å². The van der Waals surface area contributed by atoms with E-state index in [4.69, 9.17) is 0 Å². The van der Waals surface area contributed by atoms with Gasteiger partial charge in [0.25, 0.3) is 0 Å². The zero-order valence-electron chi connectivity index (χ0n) is 11.8. The number of rotatable bonds is 1. The maximum atomic E-state index is 14.0. The van der Waals surface area contributed by atoms with Crippen molar-refractivity contribution in [2.24, 2.45) is 5.41 Å². The van der Waals surface area contributed by atoms with Gasteiger partial charge in [-0.3, -0.25) is 0 Å². The van der Waals surface area contributed by atoms with Crippen LogP contribution in [0, 0.1) is 21.9 Å². The molecule has 0 spiro atoms. The van der Waals surface area contributed by atoms with E-state index in [0.717, 1.165) is 27.8 Å². The van der Waals surface area contributed by atoms with Crippen molar-refractivity contribution in [3.63, 3.8) is 0 Å². The summed E-state index contributed by atoms with van der Waals surface area (Å²) in [5, 5.41) is 0. The van der Waals surface area contributed by atoms with Crippen molar-refractivity contribution in [2.45, 2.75) is 33.6 Å². The average Bonchev–Trinajstić information content (AvgIpc) is 2.67. The van der Waals surface area contributed by atoms with E-state index in [0.29, 0.717) is 11.4 Å². The maximum Gasteiger partial charge on any atom is 0.163 e. The fourth-order valence-corrected chi connectivity index (χ4v) is 3.48. The summed E-state index contributed by atoms with van der Waals surface area (Å²) in [5.41, 5.74) is 4.04. The Morgan fingerprint density at radius 1 is 1.20 bits per heavy atom. The van der Waals surface area contributed by atoms with E-state index in [1.54, 1.807) is 6.07 Å². The van der Waals surface area contributed by atoms with Crippen LogP contribution in [0.1, 0.15) is 30.7 Å². The van der Waals surface area contributed by atoms with Gasteiger partial charge in [-0.2, -0.15) is 0 Å². The zero-order chi connectivity index (χ0) is 14.5. The lowest BCUT2D eigenvalue weighted by Gasteiger charge is -2.14. The van der Waals surface area contributed by atoms with Crippen LogP contribution >= 0.6 is 22.6 Å². The summed E-state index contributed by atoms with van der Waals surface area (Å²) in [6, 6.07) is 5.06. The number of aromatic nitrogens is 2. The molecule has 0 aliphatic heterocycles. The molecule has 1 aromatic carbocycles. The molecule has 1 aliphatic carbocycles. The van der Waals surface area contributed by atoms with Crippen LogP contribution in [-0.2, 0) is 12.8 Å². The third-order valence-corrected chi connectivity index (χ3v) is 4.60. The monoisotopic (exact) mass is 382 g/mol. The molecule has 0 radical (unpaired) electrons. The zero-order valence-corrected chi connectivity index (χ0v) is 14.0. The Kier molecular flexibility index (Phi) is 3.31. The van der Waals surface area contributed by atoms with Gasteiger partial charge in [0.2, 0.25) is 0 Å². The van der Waals surface area contributed by atoms with Gasteiger partial charge in [-0.25, -0.2) is 14.4 Å². The van der Waals surface area contributed by atoms with Crippen LogP contribution in [0.2, 0.25) is 0 Å². The summed E-state index contributed by atoms with van der Waals surface area (Å²) in [4.78, 5) is 9.14. The normalized spacial score (nSPS) is 16.2. The Balaban J connectivity index is 2.14. The van der Waals surface area contributed by atoms with Crippen molar-refractivity contribution < 1.29 is 4.39 Å². The van der Waals surface area contributed by atoms with Crippen LogP contribution in [-0.4, -0.2) is 9.97 Å². The van der Waals surface area contributed by atoms with E-state index < -0.39 is 0 Å². The maximum absolute atomic E-state index is 14.0. The molecule has 0 amide bonds. The van der Waals surface area contributed by atoms with E-state index in [1.807, 2.05) is 13.0 Å². The molecule has 104 valence electrons. The Hall–Kier alpha value is -1.04. The first-order chi connectivity index (χ1) is 9.35. The molecule has 0 N–H and O–H groups in total. The summed E-state index contributed by atoms with van der Waals surface area (Å²) in [6.07, 6.45) is 1.93. The Morgan fingerprint density at radius 3 is 2.70 bits per heavy atom.